The molecule has 6 rings (SSSR count). The molecule has 0 saturated heterocycles. The first-order chi connectivity index (χ1) is 18.3. The van der Waals surface area contributed by atoms with Gasteiger partial charge >= 0.3 is 0 Å². The van der Waals surface area contributed by atoms with E-state index in [-0.39, 0.29) is 12.0 Å². The van der Waals surface area contributed by atoms with Gasteiger partial charge in [-0.15, -0.1) is 0 Å². The minimum atomic E-state index is -0.115. The van der Waals surface area contributed by atoms with Gasteiger partial charge in [-0.3, -0.25) is 4.79 Å². The first-order valence-corrected chi connectivity index (χ1v) is 13.5. The van der Waals surface area contributed by atoms with Crippen molar-refractivity contribution in [2.45, 2.75) is 56.9 Å². The number of rotatable bonds is 7. The van der Waals surface area contributed by atoms with E-state index in [2.05, 4.69) is 83.8 Å². The van der Waals surface area contributed by atoms with Gasteiger partial charge in [-0.25, -0.2) is 0 Å². The van der Waals surface area contributed by atoms with E-state index in [4.69, 9.17) is 4.74 Å². The maximum absolute atomic E-state index is 13.1. The molecule has 37 heavy (non-hydrogen) atoms. The third kappa shape index (κ3) is 5.10. The molecule has 0 spiro atoms. The summed E-state index contributed by atoms with van der Waals surface area (Å²) in [4.78, 5) is 15.2. The van der Waals surface area contributed by atoms with Crippen LogP contribution in [0.5, 0.6) is 0 Å². The Labute approximate surface area is 219 Å². The summed E-state index contributed by atoms with van der Waals surface area (Å²) in [6, 6.07) is 38.2. The zero-order valence-corrected chi connectivity index (χ0v) is 21.1. The third-order valence-corrected chi connectivity index (χ3v) is 8.01. The van der Waals surface area contributed by atoms with E-state index >= 15 is 0 Å². The van der Waals surface area contributed by atoms with E-state index in [0.717, 1.165) is 36.9 Å². The summed E-state index contributed by atoms with van der Waals surface area (Å²) in [5.41, 5.74) is 6.93. The SMILES string of the molecule is O=C1c2ccccc2CN1C1CCCC(c2ccc(C(OCc3ccccc3)c3ccccc3)cc2)C1. The second-order valence-corrected chi connectivity index (χ2v) is 10.4. The highest BCUT2D eigenvalue weighted by molar-refractivity contribution is 5.98. The van der Waals surface area contributed by atoms with Gasteiger partial charge in [0.05, 0.1) is 6.61 Å². The molecule has 0 radical (unpaired) electrons. The van der Waals surface area contributed by atoms with Crippen LogP contribution in [0.25, 0.3) is 0 Å². The summed E-state index contributed by atoms with van der Waals surface area (Å²) < 4.78 is 6.47. The van der Waals surface area contributed by atoms with Crippen molar-refractivity contribution in [1.29, 1.82) is 0 Å². The van der Waals surface area contributed by atoms with Crippen LogP contribution in [0, 0.1) is 0 Å². The standard InChI is InChI=1S/C34H33NO2/c36-34-32-17-8-7-14-30(32)23-35(34)31-16-9-15-29(22-31)26-18-20-28(21-19-26)33(27-12-5-2-6-13-27)37-24-25-10-3-1-4-11-25/h1-8,10-14,17-21,29,31,33H,9,15-16,22-24H2. The van der Waals surface area contributed by atoms with Crippen LogP contribution in [0.15, 0.2) is 109 Å². The highest BCUT2D eigenvalue weighted by Gasteiger charge is 2.35. The van der Waals surface area contributed by atoms with Crippen molar-refractivity contribution in [3.63, 3.8) is 0 Å². The van der Waals surface area contributed by atoms with E-state index in [1.54, 1.807) is 0 Å². The van der Waals surface area contributed by atoms with Crippen LogP contribution in [-0.4, -0.2) is 16.8 Å². The van der Waals surface area contributed by atoms with Gasteiger partial charge in [0.2, 0.25) is 0 Å². The average Bonchev–Trinajstić information content (AvgIpc) is 3.31. The predicted octanol–water partition coefficient (Wildman–Crippen LogP) is 7.68. The normalized spacial score (nSPS) is 20.0. The summed E-state index contributed by atoms with van der Waals surface area (Å²) >= 11 is 0. The number of carbonyl (C=O) groups excluding carboxylic acids is 1. The Morgan fingerprint density at radius 1 is 0.757 bits per heavy atom. The lowest BCUT2D eigenvalue weighted by molar-refractivity contribution is 0.0646. The molecule has 1 fully saturated rings. The van der Waals surface area contributed by atoms with Gasteiger partial charge < -0.3 is 9.64 Å². The fraction of sp³-hybridized carbons (Fsp3) is 0.265. The Morgan fingerprint density at radius 3 is 2.19 bits per heavy atom. The second-order valence-electron chi connectivity index (χ2n) is 10.4. The molecule has 1 aliphatic carbocycles. The fourth-order valence-corrected chi connectivity index (χ4v) is 6.03. The van der Waals surface area contributed by atoms with Crippen LogP contribution in [0.2, 0.25) is 0 Å². The summed E-state index contributed by atoms with van der Waals surface area (Å²) in [6.07, 6.45) is 4.35. The topological polar surface area (TPSA) is 29.5 Å². The molecule has 0 aromatic heterocycles. The van der Waals surface area contributed by atoms with Crippen molar-refractivity contribution in [2.24, 2.45) is 0 Å². The number of hydrogen-bond donors (Lipinski definition) is 0. The Hall–Kier alpha value is -3.69. The zero-order valence-electron chi connectivity index (χ0n) is 21.1. The lowest BCUT2D eigenvalue weighted by Crippen LogP contribution is -2.38. The van der Waals surface area contributed by atoms with Gasteiger partial charge in [0.1, 0.15) is 6.10 Å². The van der Waals surface area contributed by atoms with Crippen molar-refractivity contribution < 1.29 is 9.53 Å². The lowest BCUT2D eigenvalue weighted by atomic mass is 9.80. The van der Waals surface area contributed by atoms with Crippen molar-refractivity contribution >= 4 is 5.91 Å². The van der Waals surface area contributed by atoms with E-state index in [1.165, 1.54) is 28.7 Å². The molecule has 3 nitrogen and oxygen atoms in total. The van der Waals surface area contributed by atoms with Crippen LogP contribution in [0.3, 0.4) is 0 Å². The molecule has 2 aliphatic rings. The van der Waals surface area contributed by atoms with Crippen LogP contribution >= 0.6 is 0 Å². The van der Waals surface area contributed by atoms with E-state index in [1.807, 2.05) is 30.3 Å². The first kappa shape index (κ1) is 23.7. The van der Waals surface area contributed by atoms with Gasteiger partial charge in [0, 0.05) is 18.2 Å². The molecular formula is C34H33NO2. The van der Waals surface area contributed by atoms with Crippen LogP contribution in [-0.2, 0) is 17.9 Å². The molecule has 3 heteroatoms. The van der Waals surface area contributed by atoms with Crippen molar-refractivity contribution in [3.05, 3.63) is 143 Å². The Kier molecular flexibility index (Phi) is 6.88. The van der Waals surface area contributed by atoms with E-state index in [0.29, 0.717) is 18.6 Å². The Balaban J connectivity index is 1.17. The van der Waals surface area contributed by atoms with Crippen molar-refractivity contribution in [2.75, 3.05) is 0 Å². The van der Waals surface area contributed by atoms with E-state index < -0.39 is 0 Å². The maximum atomic E-state index is 13.1. The molecule has 1 aliphatic heterocycles. The number of hydrogen-bond acceptors (Lipinski definition) is 2. The molecule has 3 unspecified atom stereocenters. The summed E-state index contributed by atoms with van der Waals surface area (Å²) in [7, 11) is 0. The zero-order chi connectivity index (χ0) is 25.0. The molecule has 0 bridgehead atoms. The third-order valence-electron chi connectivity index (χ3n) is 8.01. The van der Waals surface area contributed by atoms with Gasteiger partial charge in [-0.1, -0.05) is 110 Å². The molecular weight excluding hydrogens is 454 g/mol. The van der Waals surface area contributed by atoms with Gasteiger partial charge in [-0.05, 0) is 59.1 Å². The molecule has 3 atom stereocenters. The highest BCUT2D eigenvalue weighted by atomic mass is 16.5. The minimum Gasteiger partial charge on any atom is -0.364 e. The fourth-order valence-electron chi connectivity index (χ4n) is 6.03. The number of amides is 1. The monoisotopic (exact) mass is 487 g/mol. The van der Waals surface area contributed by atoms with Gasteiger partial charge in [0.25, 0.3) is 5.91 Å². The quantitative estimate of drug-likeness (QED) is 0.268. The molecule has 4 aromatic carbocycles. The van der Waals surface area contributed by atoms with Crippen LogP contribution < -0.4 is 0 Å². The largest absolute Gasteiger partial charge is 0.364 e. The first-order valence-electron chi connectivity index (χ1n) is 13.5. The predicted molar refractivity (Wildman–Crippen MR) is 147 cm³/mol. The van der Waals surface area contributed by atoms with E-state index in [9.17, 15) is 4.79 Å². The Morgan fingerprint density at radius 2 is 1.43 bits per heavy atom. The van der Waals surface area contributed by atoms with Crippen LogP contribution in [0.4, 0.5) is 0 Å². The number of carbonyl (C=O) groups is 1. The molecule has 1 heterocycles. The summed E-state index contributed by atoms with van der Waals surface area (Å²) in [6.45, 7) is 1.32. The molecule has 1 saturated carbocycles. The number of nitrogens with zero attached hydrogens (tertiary/aromatic N) is 1. The van der Waals surface area contributed by atoms with Crippen molar-refractivity contribution in [1.82, 2.24) is 4.90 Å². The smallest absolute Gasteiger partial charge is 0.254 e. The number of benzene rings is 4. The minimum absolute atomic E-state index is 0.115. The molecule has 0 N–H and O–H groups in total. The maximum Gasteiger partial charge on any atom is 0.254 e. The number of ether oxygens (including phenoxy) is 1. The van der Waals surface area contributed by atoms with Crippen molar-refractivity contribution in [3.8, 4) is 0 Å². The lowest BCUT2D eigenvalue weighted by Gasteiger charge is -2.35. The molecule has 1 amide bonds. The molecule has 4 aromatic rings. The Bertz CT molecular complexity index is 1330. The summed E-state index contributed by atoms with van der Waals surface area (Å²) in [5.74, 6) is 0.683. The second kappa shape index (κ2) is 10.7. The number of fused-ring (bicyclic) bond motifs is 1. The van der Waals surface area contributed by atoms with Crippen LogP contribution in [0.1, 0.15) is 75.9 Å². The highest BCUT2D eigenvalue weighted by Crippen LogP contribution is 2.38. The average molecular weight is 488 g/mol. The van der Waals surface area contributed by atoms with Gasteiger partial charge in [-0.2, -0.15) is 0 Å². The van der Waals surface area contributed by atoms with Gasteiger partial charge in [0.15, 0.2) is 0 Å². The molecule has 186 valence electrons. The summed E-state index contributed by atoms with van der Waals surface area (Å²) in [5, 5.41) is 0.